The third kappa shape index (κ3) is 2.78. The normalized spacial score (nSPS) is 16.3. The summed E-state index contributed by atoms with van der Waals surface area (Å²) in [6.45, 7) is 0. The molecule has 0 saturated heterocycles. The summed E-state index contributed by atoms with van der Waals surface area (Å²) in [4.78, 5) is 39.1. The van der Waals surface area contributed by atoms with Gasteiger partial charge in [-0.1, -0.05) is 12.1 Å². The van der Waals surface area contributed by atoms with Gasteiger partial charge >= 0.3 is 5.69 Å². The first-order chi connectivity index (χ1) is 11.5. The summed E-state index contributed by atoms with van der Waals surface area (Å²) >= 11 is 0. The molecule has 8 heteroatoms. The van der Waals surface area contributed by atoms with E-state index in [9.17, 15) is 19.5 Å². The number of hydrogen-bond donors (Lipinski definition) is 4. The maximum Gasteiger partial charge on any atom is 0.326 e. The van der Waals surface area contributed by atoms with Gasteiger partial charge in [0, 0.05) is 0 Å². The van der Waals surface area contributed by atoms with Crippen molar-refractivity contribution in [2.24, 2.45) is 0 Å². The fourth-order valence-electron chi connectivity index (χ4n) is 3.03. The zero-order valence-corrected chi connectivity index (χ0v) is 13.0. The van der Waals surface area contributed by atoms with Gasteiger partial charge in [-0.05, 0) is 36.5 Å². The zero-order valence-electron chi connectivity index (χ0n) is 13.0. The highest BCUT2D eigenvalue weighted by atomic mass is 16.5. The molecular formula is C16H17N3O5. The number of carbonyl (C=O) groups excluding carboxylic acids is 1. The van der Waals surface area contributed by atoms with Crippen molar-refractivity contribution in [2.45, 2.75) is 25.3 Å². The molecule has 1 atom stereocenters. The molecule has 0 saturated carbocycles. The Labute approximate surface area is 136 Å². The zero-order chi connectivity index (χ0) is 17.3. The summed E-state index contributed by atoms with van der Waals surface area (Å²) < 4.78 is 5.36. The molecule has 3 rings (SSSR count). The summed E-state index contributed by atoms with van der Waals surface area (Å²) in [6, 6.07) is 5.32. The Morgan fingerprint density at radius 3 is 2.88 bits per heavy atom. The SMILES string of the molecule is COc1cccc2c1CCCC2NC(=O)c1[nH]c(=O)[nH]c(=O)c1O. The highest BCUT2D eigenvalue weighted by molar-refractivity contribution is 5.94. The number of aromatic amines is 2. The molecule has 1 aromatic heterocycles. The summed E-state index contributed by atoms with van der Waals surface area (Å²) in [5, 5.41) is 12.5. The lowest BCUT2D eigenvalue weighted by atomic mass is 9.87. The minimum Gasteiger partial charge on any atom is -0.501 e. The van der Waals surface area contributed by atoms with Crippen LogP contribution in [0.25, 0.3) is 0 Å². The van der Waals surface area contributed by atoms with E-state index in [0.717, 1.165) is 29.7 Å². The fourth-order valence-corrected chi connectivity index (χ4v) is 3.03. The standard InChI is InChI=1S/C16H17N3O5/c1-24-11-7-3-4-8-9(11)5-2-6-10(8)17-14(21)12-13(20)15(22)19-16(23)18-12/h3-4,7,10,20H,2,5-6H2,1H3,(H,17,21)(H2,18,19,22,23). The van der Waals surface area contributed by atoms with Crippen LogP contribution in [0.3, 0.4) is 0 Å². The van der Waals surface area contributed by atoms with E-state index in [1.165, 1.54) is 0 Å². The van der Waals surface area contributed by atoms with Crippen LogP contribution in [-0.2, 0) is 6.42 Å². The largest absolute Gasteiger partial charge is 0.501 e. The van der Waals surface area contributed by atoms with Crippen LogP contribution in [0.15, 0.2) is 27.8 Å². The molecule has 1 amide bonds. The minimum atomic E-state index is -1.00. The second kappa shape index (κ2) is 6.23. The topological polar surface area (TPSA) is 124 Å². The summed E-state index contributed by atoms with van der Waals surface area (Å²) in [7, 11) is 1.59. The summed E-state index contributed by atoms with van der Waals surface area (Å²) in [5.41, 5.74) is -0.345. The van der Waals surface area contributed by atoms with E-state index < -0.39 is 28.6 Å². The number of carbonyl (C=O) groups is 1. The smallest absolute Gasteiger partial charge is 0.326 e. The van der Waals surface area contributed by atoms with Crippen molar-refractivity contribution in [3.05, 3.63) is 55.9 Å². The highest BCUT2D eigenvalue weighted by Gasteiger charge is 2.26. The fraction of sp³-hybridized carbons (Fsp3) is 0.312. The van der Waals surface area contributed by atoms with Gasteiger partial charge in [-0.2, -0.15) is 0 Å². The van der Waals surface area contributed by atoms with Crippen LogP contribution in [0.5, 0.6) is 11.5 Å². The molecule has 0 aliphatic heterocycles. The number of rotatable bonds is 3. The third-order valence-electron chi connectivity index (χ3n) is 4.13. The molecule has 2 aromatic rings. The van der Waals surface area contributed by atoms with Crippen molar-refractivity contribution in [1.82, 2.24) is 15.3 Å². The second-order valence-corrected chi connectivity index (χ2v) is 5.58. The summed E-state index contributed by atoms with van der Waals surface area (Å²) in [5.74, 6) is -0.760. The average Bonchev–Trinajstić information content (AvgIpc) is 2.57. The molecule has 126 valence electrons. The van der Waals surface area contributed by atoms with Crippen LogP contribution in [0.2, 0.25) is 0 Å². The third-order valence-corrected chi connectivity index (χ3v) is 4.13. The molecule has 1 heterocycles. The van der Waals surface area contributed by atoms with Crippen LogP contribution in [0.1, 0.15) is 40.5 Å². The van der Waals surface area contributed by atoms with Crippen molar-refractivity contribution in [3.8, 4) is 11.5 Å². The molecule has 24 heavy (non-hydrogen) atoms. The molecule has 1 aromatic carbocycles. The van der Waals surface area contributed by atoms with Crippen molar-refractivity contribution in [1.29, 1.82) is 0 Å². The van der Waals surface area contributed by atoms with E-state index in [1.54, 1.807) is 7.11 Å². The van der Waals surface area contributed by atoms with Crippen LogP contribution in [-0.4, -0.2) is 28.1 Å². The molecule has 0 spiro atoms. The van der Waals surface area contributed by atoms with Gasteiger partial charge in [0.2, 0.25) is 5.75 Å². The Kier molecular flexibility index (Phi) is 4.11. The van der Waals surface area contributed by atoms with Gasteiger partial charge in [0.15, 0.2) is 5.69 Å². The molecule has 1 unspecified atom stereocenters. The molecule has 0 fully saturated rings. The number of methoxy groups -OCH3 is 1. The van der Waals surface area contributed by atoms with Crippen LogP contribution in [0, 0.1) is 0 Å². The number of benzene rings is 1. The first kappa shape index (κ1) is 15.9. The Balaban J connectivity index is 1.93. The number of ether oxygens (including phenoxy) is 1. The predicted octanol–water partition coefficient (Wildman–Crippen LogP) is 0.585. The lowest BCUT2D eigenvalue weighted by Gasteiger charge is -2.27. The lowest BCUT2D eigenvalue weighted by Crippen LogP contribution is -2.35. The number of nitrogens with one attached hydrogen (secondary N) is 3. The Hall–Kier alpha value is -3.03. The monoisotopic (exact) mass is 331 g/mol. The van der Waals surface area contributed by atoms with Crippen molar-refractivity contribution >= 4 is 5.91 Å². The highest BCUT2D eigenvalue weighted by Crippen LogP contribution is 2.35. The maximum absolute atomic E-state index is 12.4. The van der Waals surface area contributed by atoms with Gasteiger partial charge in [0.05, 0.1) is 13.2 Å². The van der Waals surface area contributed by atoms with E-state index >= 15 is 0 Å². The van der Waals surface area contributed by atoms with Crippen molar-refractivity contribution < 1.29 is 14.6 Å². The molecule has 0 radical (unpaired) electrons. The number of hydrogen-bond acceptors (Lipinski definition) is 5. The van der Waals surface area contributed by atoms with Gasteiger partial charge in [-0.25, -0.2) is 4.79 Å². The van der Waals surface area contributed by atoms with Crippen molar-refractivity contribution in [2.75, 3.05) is 7.11 Å². The van der Waals surface area contributed by atoms with Gasteiger partial charge in [0.25, 0.3) is 11.5 Å². The Morgan fingerprint density at radius 2 is 2.12 bits per heavy atom. The molecule has 1 aliphatic rings. The van der Waals surface area contributed by atoms with Gasteiger partial charge in [0.1, 0.15) is 5.75 Å². The Morgan fingerprint density at radius 1 is 1.33 bits per heavy atom. The lowest BCUT2D eigenvalue weighted by molar-refractivity contribution is 0.0923. The summed E-state index contributed by atoms with van der Waals surface area (Å²) in [6.07, 6.45) is 2.41. The van der Waals surface area contributed by atoms with Crippen LogP contribution >= 0.6 is 0 Å². The number of amides is 1. The number of H-pyrrole nitrogens is 2. The maximum atomic E-state index is 12.4. The number of aromatic hydroxyl groups is 1. The first-order valence-corrected chi connectivity index (χ1v) is 7.53. The minimum absolute atomic E-state index is 0.293. The number of fused-ring (bicyclic) bond motifs is 1. The van der Waals surface area contributed by atoms with Crippen LogP contribution in [0.4, 0.5) is 0 Å². The Bertz CT molecular complexity index is 899. The van der Waals surface area contributed by atoms with E-state index in [-0.39, 0.29) is 6.04 Å². The quantitative estimate of drug-likeness (QED) is 0.655. The average molecular weight is 331 g/mol. The molecule has 4 N–H and O–H groups in total. The van der Waals surface area contributed by atoms with E-state index in [1.807, 2.05) is 23.2 Å². The van der Waals surface area contributed by atoms with Gasteiger partial charge < -0.3 is 15.2 Å². The van der Waals surface area contributed by atoms with Crippen LogP contribution < -0.4 is 21.3 Å². The molecule has 8 nitrogen and oxygen atoms in total. The molecule has 0 bridgehead atoms. The van der Waals surface area contributed by atoms with E-state index in [0.29, 0.717) is 6.42 Å². The van der Waals surface area contributed by atoms with Gasteiger partial charge in [-0.3, -0.25) is 19.6 Å². The van der Waals surface area contributed by atoms with Crippen molar-refractivity contribution in [3.63, 3.8) is 0 Å². The van der Waals surface area contributed by atoms with E-state index in [4.69, 9.17) is 4.74 Å². The predicted molar refractivity (Wildman–Crippen MR) is 85.5 cm³/mol. The molecular weight excluding hydrogens is 314 g/mol. The van der Waals surface area contributed by atoms with E-state index in [2.05, 4.69) is 10.3 Å². The number of aromatic nitrogens is 2. The van der Waals surface area contributed by atoms with Gasteiger partial charge in [-0.15, -0.1) is 0 Å². The second-order valence-electron chi connectivity index (χ2n) is 5.58. The first-order valence-electron chi connectivity index (χ1n) is 7.53. The molecule has 1 aliphatic carbocycles.